The summed E-state index contributed by atoms with van der Waals surface area (Å²) in [7, 11) is 1.61. The summed E-state index contributed by atoms with van der Waals surface area (Å²) in [5.41, 5.74) is 1.45. The topological polar surface area (TPSA) is 54.0 Å². The predicted molar refractivity (Wildman–Crippen MR) is 63.5 cm³/mol. The molecule has 16 heavy (non-hydrogen) atoms. The molecule has 0 aromatic carbocycles. The van der Waals surface area contributed by atoms with Gasteiger partial charge in [0, 0.05) is 25.0 Å². The van der Waals surface area contributed by atoms with Crippen molar-refractivity contribution >= 4 is 11.6 Å². The van der Waals surface area contributed by atoms with Crippen LogP contribution in [0.4, 0.5) is 5.69 Å². The molecule has 0 unspecified atom stereocenters. The van der Waals surface area contributed by atoms with Gasteiger partial charge >= 0.3 is 0 Å². The quantitative estimate of drug-likeness (QED) is 0.815. The zero-order chi connectivity index (χ0) is 11.4. The Morgan fingerprint density at radius 3 is 2.88 bits per heavy atom. The fourth-order valence-corrected chi connectivity index (χ4v) is 2.08. The van der Waals surface area contributed by atoms with E-state index in [1.807, 2.05) is 6.07 Å². The number of rotatable bonds is 3. The van der Waals surface area contributed by atoms with Crippen LogP contribution in [0.3, 0.4) is 0 Å². The van der Waals surface area contributed by atoms with E-state index in [0.29, 0.717) is 11.7 Å². The molecule has 1 heterocycles. The average Bonchev–Trinajstić information content (AvgIpc) is 2.81. The largest absolute Gasteiger partial charge is 0.382 e. The third kappa shape index (κ3) is 2.51. The van der Waals surface area contributed by atoms with E-state index in [4.69, 9.17) is 0 Å². The fourth-order valence-electron chi connectivity index (χ4n) is 2.08. The molecule has 0 spiro atoms. The number of pyridine rings is 1. The van der Waals surface area contributed by atoms with Crippen molar-refractivity contribution < 1.29 is 4.79 Å². The lowest BCUT2D eigenvalue weighted by molar-refractivity contribution is 0.0958. The van der Waals surface area contributed by atoms with Gasteiger partial charge in [0.2, 0.25) is 0 Å². The first-order chi connectivity index (χ1) is 7.79. The summed E-state index contributed by atoms with van der Waals surface area (Å²) in [6, 6.07) is 4.27. The number of aromatic nitrogens is 1. The van der Waals surface area contributed by atoms with Gasteiger partial charge in [-0.15, -0.1) is 0 Å². The van der Waals surface area contributed by atoms with Crippen molar-refractivity contribution in [3.05, 3.63) is 24.0 Å². The minimum atomic E-state index is -0.143. The average molecular weight is 219 g/mol. The molecule has 1 aromatic rings. The highest BCUT2D eigenvalue weighted by Crippen LogP contribution is 2.22. The van der Waals surface area contributed by atoms with Crippen LogP contribution in [0.15, 0.2) is 18.3 Å². The Kier molecular flexibility index (Phi) is 3.39. The fraction of sp³-hybridized carbons (Fsp3) is 0.500. The molecule has 1 saturated carbocycles. The summed E-state index contributed by atoms with van der Waals surface area (Å²) in [6.07, 6.45) is 6.70. The maximum Gasteiger partial charge on any atom is 0.269 e. The van der Waals surface area contributed by atoms with E-state index in [-0.39, 0.29) is 5.91 Å². The van der Waals surface area contributed by atoms with Crippen LogP contribution >= 0.6 is 0 Å². The predicted octanol–water partition coefficient (Wildman–Crippen LogP) is 1.80. The number of anilines is 1. The SMILES string of the molecule is CNC(=O)c1cc(NC2CCCC2)ccn1. The number of nitrogens with zero attached hydrogens (tertiary/aromatic N) is 1. The first kappa shape index (κ1) is 10.9. The van der Waals surface area contributed by atoms with Crippen LogP contribution in [0.25, 0.3) is 0 Å². The van der Waals surface area contributed by atoms with E-state index in [9.17, 15) is 4.79 Å². The Bertz CT molecular complexity index is 372. The number of carbonyl (C=O) groups is 1. The standard InChI is InChI=1S/C12H17N3O/c1-13-12(16)11-8-10(6-7-14-11)15-9-4-2-3-5-9/h6-9H,2-5H2,1H3,(H,13,16)(H,14,15). The van der Waals surface area contributed by atoms with Crippen molar-refractivity contribution in [1.29, 1.82) is 0 Å². The van der Waals surface area contributed by atoms with Gasteiger partial charge in [-0.3, -0.25) is 9.78 Å². The van der Waals surface area contributed by atoms with Gasteiger partial charge in [0.15, 0.2) is 0 Å². The molecule has 0 aliphatic heterocycles. The number of hydrogen-bond acceptors (Lipinski definition) is 3. The van der Waals surface area contributed by atoms with E-state index in [0.717, 1.165) is 5.69 Å². The van der Waals surface area contributed by atoms with Crippen LogP contribution < -0.4 is 10.6 Å². The Morgan fingerprint density at radius 1 is 1.44 bits per heavy atom. The molecule has 0 radical (unpaired) electrons. The van der Waals surface area contributed by atoms with Crippen LogP contribution in [0.1, 0.15) is 36.2 Å². The highest BCUT2D eigenvalue weighted by Gasteiger charge is 2.15. The minimum absolute atomic E-state index is 0.143. The highest BCUT2D eigenvalue weighted by molar-refractivity contribution is 5.92. The third-order valence-corrected chi connectivity index (χ3v) is 2.95. The summed E-state index contributed by atoms with van der Waals surface area (Å²) in [5, 5.41) is 6.01. The van der Waals surface area contributed by atoms with Crippen molar-refractivity contribution in [2.45, 2.75) is 31.7 Å². The van der Waals surface area contributed by atoms with Gasteiger partial charge in [-0.05, 0) is 25.0 Å². The summed E-state index contributed by atoms with van der Waals surface area (Å²) < 4.78 is 0. The van der Waals surface area contributed by atoms with Gasteiger partial charge in [0.05, 0.1) is 0 Å². The van der Waals surface area contributed by atoms with Gasteiger partial charge in [-0.25, -0.2) is 0 Å². The Balaban J connectivity index is 2.06. The monoisotopic (exact) mass is 219 g/mol. The van der Waals surface area contributed by atoms with Crippen molar-refractivity contribution in [1.82, 2.24) is 10.3 Å². The van der Waals surface area contributed by atoms with Crippen LogP contribution in [-0.2, 0) is 0 Å². The summed E-state index contributed by atoms with van der Waals surface area (Å²) in [6.45, 7) is 0. The molecule has 2 N–H and O–H groups in total. The van der Waals surface area contributed by atoms with Gasteiger partial charge in [0.25, 0.3) is 5.91 Å². The lowest BCUT2D eigenvalue weighted by Gasteiger charge is -2.13. The molecule has 1 aliphatic rings. The molecule has 2 rings (SSSR count). The van der Waals surface area contributed by atoms with Crippen molar-refractivity contribution in [3.8, 4) is 0 Å². The summed E-state index contributed by atoms with van der Waals surface area (Å²) in [5.74, 6) is -0.143. The molecule has 1 aliphatic carbocycles. The Morgan fingerprint density at radius 2 is 2.19 bits per heavy atom. The number of nitrogens with one attached hydrogen (secondary N) is 2. The Labute approximate surface area is 95.5 Å². The maximum atomic E-state index is 11.4. The zero-order valence-corrected chi connectivity index (χ0v) is 9.49. The van der Waals surface area contributed by atoms with E-state index in [1.54, 1.807) is 19.3 Å². The molecular formula is C12H17N3O. The van der Waals surface area contributed by atoms with E-state index in [2.05, 4.69) is 15.6 Å². The van der Waals surface area contributed by atoms with Crippen molar-refractivity contribution in [3.63, 3.8) is 0 Å². The van der Waals surface area contributed by atoms with Crippen molar-refractivity contribution in [2.75, 3.05) is 12.4 Å². The van der Waals surface area contributed by atoms with Gasteiger partial charge in [-0.2, -0.15) is 0 Å². The lowest BCUT2D eigenvalue weighted by atomic mass is 10.2. The zero-order valence-electron chi connectivity index (χ0n) is 9.49. The summed E-state index contributed by atoms with van der Waals surface area (Å²) in [4.78, 5) is 15.4. The van der Waals surface area contributed by atoms with Gasteiger partial charge in [-0.1, -0.05) is 12.8 Å². The van der Waals surface area contributed by atoms with E-state index < -0.39 is 0 Å². The number of hydrogen-bond donors (Lipinski definition) is 2. The second-order valence-electron chi connectivity index (χ2n) is 4.13. The first-order valence-electron chi connectivity index (χ1n) is 5.74. The van der Waals surface area contributed by atoms with Crippen LogP contribution in [0, 0.1) is 0 Å². The van der Waals surface area contributed by atoms with Crippen LogP contribution in [0.2, 0.25) is 0 Å². The smallest absolute Gasteiger partial charge is 0.269 e. The Hall–Kier alpha value is -1.58. The van der Waals surface area contributed by atoms with E-state index in [1.165, 1.54) is 25.7 Å². The molecule has 86 valence electrons. The van der Waals surface area contributed by atoms with Crippen LogP contribution in [0.5, 0.6) is 0 Å². The van der Waals surface area contributed by atoms with Gasteiger partial charge < -0.3 is 10.6 Å². The molecule has 4 heteroatoms. The summed E-state index contributed by atoms with van der Waals surface area (Å²) >= 11 is 0. The second kappa shape index (κ2) is 4.96. The molecule has 0 saturated heterocycles. The molecule has 1 fully saturated rings. The molecule has 4 nitrogen and oxygen atoms in total. The highest BCUT2D eigenvalue weighted by atomic mass is 16.1. The molecule has 1 aromatic heterocycles. The van der Waals surface area contributed by atoms with Gasteiger partial charge in [0.1, 0.15) is 5.69 Å². The molecular weight excluding hydrogens is 202 g/mol. The number of carbonyl (C=O) groups excluding carboxylic acids is 1. The lowest BCUT2D eigenvalue weighted by Crippen LogP contribution is -2.20. The molecule has 0 atom stereocenters. The van der Waals surface area contributed by atoms with E-state index >= 15 is 0 Å². The second-order valence-corrected chi connectivity index (χ2v) is 4.13. The third-order valence-electron chi connectivity index (χ3n) is 2.95. The normalized spacial score (nSPS) is 16.1. The first-order valence-corrected chi connectivity index (χ1v) is 5.74. The maximum absolute atomic E-state index is 11.4. The van der Waals surface area contributed by atoms with Crippen LogP contribution in [-0.4, -0.2) is 24.0 Å². The van der Waals surface area contributed by atoms with Crippen molar-refractivity contribution in [2.24, 2.45) is 0 Å². The minimum Gasteiger partial charge on any atom is -0.382 e. The number of amides is 1. The molecule has 0 bridgehead atoms. The molecule has 1 amide bonds.